The van der Waals surface area contributed by atoms with Crippen molar-refractivity contribution in [1.82, 2.24) is 20.3 Å². The topological polar surface area (TPSA) is 123 Å². The van der Waals surface area contributed by atoms with Crippen molar-refractivity contribution in [1.29, 1.82) is 0 Å². The highest BCUT2D eigenvalue weighted by atomic mass is 32.2. The van der Waals surface area contributed by atoms with Gasteiger partial charge < -0.3 is 10.1 Å². The molecular weight excluding hydrogens is 475 g/mol. The molecule has 0 saturated heterocycles. The number of amides is 1. The standard InChI is InChI=1S/C21H20F3N5O4S/c1-2-33-19-12-25-11-18(28-19)14-3-5-15(6-4-14)20(30)27-10-17-9-16(7-8-26-17)29-34(31,32)13-21(22,23)24/h3-9,11-12H,2,10,13H2,1H3,(H,26,29)(H,27,30). The van der Waals surface area contributed by atoms with E-state index in [0.29, 0.717) is 23.7 Å². The first-order chi connectivity index (χ1) is 16.0. The maximum absolute atomic E-state index is 12.5. The Morgan fingerprint density at radius 2 is 1.85 bits per heavy atom. The minimum atomic E-state index is -4.87. The molecule has 0 aliphatic heterocycles. The zero-order valence-electron chi connectivity index (χ0n) is 17.8. The molecule has 13 heteroatoms. The van der Waals surface area contributed by atoms with Gasteiger partial charge in [-0.25, -0.2) is 13.4 Å². The molecule has 0 bridgehead atoms. The Hall–Kier alpha value is -3.74. The van der Waals surface area contributed by atoms with E-state index in [1.807, 2.05) is 11.6 Å². The van der Waals surface area contributed by atoms with Crippen LogP contribution in [0, 0.1) is 0 Å². The average Bonchev–Trinajstić information content (AvgIpc) is 2.76. The lowest BCUT2D eigenvalue weighted by Crippen LogP contribution is -2.28. The van der Waals surface area contributed by atoms with Gasteiger partial charge >= 0.3 is 6.18 Å². The van der Waals surface area contributed by atoms with E-state index in [1.165, 1.54) is 24.5 Å². The summed E-state index contributed by atoms with van der Waals surface area (Å²) in [6.45, 7) is 2.21. The van der Waals surface area contributed by atoms with Crippen LogP contribution in [0.25, 0.3) is 11.3 Å². The van der Waals surface area contributed by atoms with E-state index in [4.69, 9.17) is 4.74 Å². The molecule has 0 radical (unpaired) electrons. The molecule has 1 amide bonds. The summed E-state index contributed by atoms with van der Waals surface area (Å²) in [6.07, 6.45) is -0.582. The maximum atomic E-state index is 12.5. The van der Waals surface area contributed by atoms with Gasteiger partial charge in [0.1, 0.15) is 0 Å². The van der Waals surface area contributed by atoms with Crippen molar-refractivity contribution >= 4 is 21.6 Å². The first-order valence-electron chi connectivity index (χ1n) is 9.90. The van der Waals surface area contributed by atoms with E-state index in [2.05, 4.69) is 20.3 Å². The fourth-order valence-corrected chi connectivity index (χ4v) is 3.83. The predicted octanol–water partition coefficient (Wildman–Crippen LogP) is 3.17. The van der Waals surface area contributed by atoms with E-state index in [1.54, 1.807) is 30.5 Å². The van der Waals surface area contributed by atoms with Gasteiger partial charge in [0.2, 0.25) is 15.9 Å². The van der Waals surface area contributed by atoms with Crippen LogP contribution in [0.3, 0.4) is 0 Å². The van der Waals surface area contributed by atoms with Crippen LogP contribution in [0.1, 0.15) is 23.0 Å². The Morgan fingerprint density at radius 3 is 2.53 bits per heavy atom. The summed E-state index contributed by atoms with van der Waals surface area (Å²) in [5, 5.41) is 2.62. The van der Waals surface area contributed by atoms with Crippen LogP contribution in [0.4, 0.5) is 18.9 Å². The molecule has 0 unspecified atom stereocenters. The Morgan fingerprint density at radius 1 is 1.12 bits per heavy atom. The third kappa shape index (κ3) is 7.40. The summed E-state index contributed by atoms with van der Waals surface area (Å²) in [5.41, 5.74) is 1.81. The highest BCUT2D eigenvalue weighted by Crippen LogP contribution is 2.20. The highest BCUT2D eigenvalue weighted by Gasteiger charge is 2.35. The molecule has 2 aromatic heterocycles. The fourth-order valence-electron chi connectivity index (χ4n) is 2.84. The van der Waals surface area contributed by atoms with E-state index >= 15 is 0 Å². The second-order valence-corrected chi connectivity index (χ2v) is 8.67. The number of aromatic nitrogens is 3. The van der Waals surface area contributed by atoms with Crippen molar-refractivity contribution in [2.45, 2.75) is 19.6 Å². The normalized spacial score (nSPS) is 11.6. The van der Waals surface area contributed by atoms with E-state index in [0.717, 1.165) is 5.56 Å². The Bertz CT molecular complexity index is 1250. The van der Waals surface area contributed by atoms with Crippen LogP contribution < -0.4 is 14.8 Å². The molecule has 0 atom stereocenters. The molecule has 2 N–H and O–H groups in total. The number of benzene rings is 1. The largest absolute Gasteiger partial charge is 0.477 e. The lowest BCUT2D eigenvalue weighted by atomic mass is 10.1. The Kier molecular flexibility index (Phi) is 7.66. The van der Waals surface area contributed by atoms with Crippen molar-refractivity contribution < 1.29 is 31.1 Å². The monoisotopic (exact) mass is 495 g/mol. The first-order valence-corrected chi connectivity index (χ1v) is 11.6. The molecule has 9 nitrogen and oxygen atoms in total. The van der Waals surface area contributed by atoms with Crippen LogP contribution >= 0.6 is 0 Å². The summed E-state index contributed by atoms with van der Waals surface area (Å²) in [5.74, 6) is -2.05. The van der Waals surface area contributed by atoms with E-state index < -0.39 is 27.9 Å². The number of ether oxygens (including phenoxy) is 1. The number of hydrogen-bond acceptors (Lipinski definition) is 7. The van der Waals surface area contributed by atoms with Gasteiger partial charge in [-0.1, -0.05) is 12.1 Å². The van der Waals surface area contributed by atoms with Crippen LogP contribution in [0.2, 0.25) is 0 Å². The molecule has 0 spiro atoms. The van der Waals surface area contributed by atoms with Gasteiger partial charge in [-0.05, 0) is 31.2 Å². The molecular formula is C21H20F3N5O4S. The number of sulfonamides is 1. The summed E-state index contributed by atoms with van der Waals surface area (Å²) in [4.78, 5) is 24.8. The molecule has 0 saturated carbocycles. The Labute approximate surface area is 193 Å². The number of carbonyl (C=O) groups is 1. The van der Waals surface area contributed by atoms with Crippen molar-refractivity contribution in [2.24, 2.45) is 0 Å². The summed E-state index contributed by atoms with van der Waals surface area (Å²) in [6, 6.07) is 9.03. The van der Waals surface area contributed by atoms with E-state index in [-0.39, 0.29) is 17.9 Å². The van der Waals surface area contributed by atoms with Gasteiger partial charge in [0.15, 0.2) is 5.75 Å². The molecule has 1 aromatic carbocycles. The molecule has 3 rings (SSSR count). The van der Waals surface area contributed by atoms with Crippen LogP contribution in [0.15, 0.2) is 55.0 Å². The Balaban J connectivity index is 1.62. The number of carbonyl (C=O) groups excluding carboxylic acids is 1. The summed E-state index contributed by atoms with van der Waals surface area (Å²) in [7, 11) is -4.62. The SMILES string of the molecule is CCOc1cncc(-c2ccc(C(=O)NCc3cc(NS(=O)(=O)CC(F)(F)F)ccn3)cc2)n1. The van der Waals surface area contributed by atoms with Gasteiger partial charge in [-0.15, -0.1) is 0 Å². The van der Waals surface area contributed by atoms with E-state index in [9.17, 15) is 26.4 Å². The molecule has 0 fully saturated rings. The summed E-state index contributed by atoms with van der Waals surface area (Å²) >= 11 is 0. The van der Waals surface area contributed by atoms with Gasteiger partial charge in [-0.3, -0.25) is 19.5 Å². The minimum absolute atomic E-state index is 0.0721. The number of rotatable bonds is 9. The predicted molar refractivity (Wildman–Crippen MR) is 118 cm³/mol. The van der Waals surface area contributed by atoms with Gasteiger partial charge in [0.05, 0.1) is 42.6 Å². The molecule has 0 aliphatic carbocycles. The van der Waals surface area contributed by atoms with Crippen LogP contribution in [0.5, 0.6) is 5.88 Å². The van der Waals surface area contributed by atoms with Crippen LogP contribution in [-0.2, 0) is 16.6 Å². The number of nitrogens with zero attached hydrogens (tertiary/aromatic N) is 3. The molecule has 34 heavy (non-hydrogen) atoms. The quantitative estimate of drug-likeness (QED) is 0.467. The number of anilines is 1. The zero-order chi connectivity index (χ0) is 24.8. The minimum Gasteiger partial charge on any atom is -0.477 e. The number of hydrogen-bond donors (Lipinski definition) is 2. The summed E-state index contributed by atoms with van der Waals surface area (Å²) < 4.78 is 67.6. The molecule has 2 heterocycles. The number of pyridine rings is 1. The van der Waals surface area contributed by atoms with Gasteiger partial charge in [0, 0.05) is 17.3 Å². The van der Waals surface area contributed by atoms with Crippen molar-refractivity contribution in [2.75, 3.05) is 17.1 Å². The van der Waals surface area contributed by atoms with Crippen LogP contribution in [-0.4, -0.2) is 47.8 Å². The van der Waals surface area contributed by atoms with Crippen molar-refractivity contribution in [3.8, 4) is 17.1 Å². The molecule has 3 aromatic rings. The fraction of sp³-hybridized carbons (Fsp3) is 0.238. The molecule has 0 aliphatic rings. The third-order valence-corrected chi connectivity index (χ3v) is 5.48. The highest BCUT2D eigenvalue weighted by molar-refractivity contribution is 7.92. The zero-order valence-corrected chi connectivity index (χ0v) is 18.7. The lowest BCUT2D eigenvalue weighted by molar-refractivity contribution is -0.106. The smallest absolute Gasteiger partial charge is 0.404 e. The number of halogens is 3. The maximum Gasteiger partial charge on any atom is 0.404 e. The van der Waals surface area contributed by atoms with Crippen molar-refractivity contribution in [3.05, 3.63) is 66.2 Å². The number of alkyl halides is 3. The second kappa shape index (κ2) is 10.5. The van der Waals surface area contributed by atoms with Gasteiger partial charge in [-0.2, -0.15) is 13.2 Å². The second-order valence-electron chi connectivity index (χ2n) is 6.95. The number of nitrogens with one attached hydrogen (secondary N) is 2. The van der Waals surface area contributed by atoms with Crippen molar-refractivity contribution in [3.63, 3.8) is 0 Å². The molecule has 180 valence electrons. The third-order valence-electron chi connectivity index (χ3n) is 4.22. The van der Waals surface area contributed by atoms with Gasteiger partial charge in [0.25, 0.3) is 5.91 Å². The first kappa shape index (κ1) is 24.9. The average molecular weight is 495 g/mol. The lowest BCUT2D eigenvalue weighted by Gasteiger charge is -2.11.